The molecule has 0 aliphatic carbocycles. The lowest BCUT2D eigenvalue weighted by Crippen LogP contribution is -2.08. The maximum atomic E-state index is 9.26. The van der Waals surface area contributed by atoms with Crippen molar-refractivity contribution in [3.8, 4) is 0 Å². The monoisotopic (exact) mass is 227 g/mol. The molecule has 0 saturated carbocycles. The molecule has 0 saturated heterocycles. The Hall–Kier alpha value is -1.80. The lowest BCUT2D eigenvalue weighted by Gasteiger charge is -2.17. The molecule has 0 amide bonds. The Labute approximate surface area is 102 Å². The van der Waals surface area contributed by atoms with Crippen molar-refractivity contribution in [2.45, 2.75) is 19.6 Å². The number of anilines is 1. The predicted molar refractivity (Wildman–Crippen MR) is 70.8 cm³/mol. The van der Waals surface area contributed by atoms with E-state index in [0.717, 1.165) is 11.3 Å². The molecule has 1 unspecified atom stereocenters. The van der Waals surface area contributed by atoms with E-state index in [4.69, 9.17) is 0 Å². The minimum atomic E-state index is 0.0602. The fourth-order valence-electron chi connectivity index (χ4n) is 1.86. The van der Waals surface area contributed by atoms with Crippen LogP contribution in [0.4, 0.5) is 5.69 Å². The Kier molecular flexibility index (Phi) is 3.78. The summed E-state index contributed by atoms with van der Waals surface area (Å²) < 4.78 is 0. The lowest BCUT2D eigenvalue weighted by molar-refractivity contribution is 0.282. The molecule has 0 aromatic heterocycles. The first-order valence-electron chi connectivity index (χ1n) is 5.81. The van der Waals surface area contributed by atoms with Crippen LogP contribution < -0.4 is 5.32 Å². The van der Waals surface area contributed by atoms with Crippen molar-refractivity contribution in [1.82, 2.24) is 0 Å². The molecule has 1 atom stereocenters. The summed E-state index contributed by atoms with van der Waals surface area (Å²) in [5.41, 5.74) is 3.15. The third-order valence-electron chi connectivity index (χ3n) is 2.86. The molecule has 0 radical (unpaired) electrons. The molecule has 2 N–H and O–H groups in total. The molecule has 0 aliphatic rings. The second-order valence-electron chi connectivity index (χ2n) is 4.09. The molecular formula is C15H17NO. The van der Waals surface area contributed by atoms with Crippen molar-refractivity contribution in [3.63, 3.8) is 0 Å². The summed E-state index contributed by atoms with van der Waals surface area (Å²) in [5, 5.41) is 12.7. The molecule has 0 heterocycles. The van der Waals surface area contributed by atoms with E-state index >= 15 is 0 Å². The van der Waals surface area contributed by atoms with Gasteiger partial charge in [0.05, 0.1) is 6.61 Å². The van der Waals surface area contributed by atoms with Crippen LogP contribution in [0, 0.1) is 0 Å². The van der Waals surface area contributed by atoms with Crippen LogP contribution in [0.3, 0.4) is 0 Å². The van der Waals surface area contributed by atoms with Crippen LogP contribution >= 0.6 is 0 Å². The molecular weight excluding hydrogens is 210 g/mol. The van der Waals surface area contributed by atoms with Gasteiger partial charge in [-0.3, -0.25) is 0 Å². The van der Waals surface area contributed by atoms with Crippen LogP contribution in [0.5, 0.6) is 0 Å². The van der Waals surface area contributed by atoms with Gasteiger partial charge in [-0.2, -0.15) is 0 Å². The molecule has 88 valence electrons. The average molecular weight is 227 g/mol. The first-order valence-corrected chi connectivity index (χ1v) is 5.81. The van der Waals surface area contributed by atoms with E-state index in [1.165, 1.54) is 5.56 Å². The van der Waals surface area contributed by atoms with Gasteiger partial charge in [0, 0.05) is 17.3 Å². The third-order valence-corrected chi connectivity index (χ3v) is 2.86. The summed E-state index contributed by atoms with van der Waals surface area (Å²) in [6.07, 6.45) is 0. The second kappa shape index (κ2) is 5.51. The smallest absolute Gasteiger partial charge is 0.0701 e. The van der Waals surface area contributed by atoms with Gasteiger partial charge in [-0.05, 0) is 18.6 Å². The Balaban J connectivity index is 2.16. The summed E-state index contributed by atoms with van der Waals surface area (Å²) in [7, 11) is 0. The number of hydrogen-bond acceptors (Lipinski definition) is 2. The van der Waals surface area contributed by atoms with Gasteiger partial charge in [-0.25, -0.2) is 0 Å². The average Bonchev–Trinajstić information content (AvgIpc) is 2.40. The van der Waals surface area contributed by atoms with Crippen molar-refractivity contribution in [3.05, 3.63) is 65.7 Å². The number of aliphatic hydroxyl groups excluding tert-OH is 1. The highest BCUT2D eigenvalue weighted by Gasteiger charge is 2.06. The van der Waals surface area contributed by atoms with Crippen molar-refractivity contribution in [1.29, 1.82) is 0 Å². The van der Waals surface area contributed by atoms with E-state index in [2.05, 4.69) is 24.4 Å². The number of benzene rings is 2. The van der Waals surface area contributed by atoms with E-state index in [1.807, 2.05) is 42.5 Å². The molecule has 0 spiro atoms. The van der Waals surface area contributed by atoms with E-state index < -0.39 is 0 Å². The first-order chi connectivity index (χ1) is 8.31. The number of hydrogen-bond donors (Lipinski definition) is 2. The molecule has 17 heavy (non-hydrogen) atoms. The molecule has 0 aliphatic heterocycles. The van der Waals surface area contributed by atoms with Gasteiger partial charge in [-0.1, -0.05) is 48.5 Å². The number of nitrogens with one attached hydrogen (secondary N) is 1. The van der Waals surface area contributed by atoms with E-state index in [0.29, 0.717) is 0 Å². The van der Waals surface area contributed by atoms with Gasteiger partial charge < -0.3 is 10.4 Å². The molecule has 2 aromatic carbocycles. The molecule has 2 aromatic rings. The summed E-state index contributed by atoms with van der Waals surface area (Å²) in [6, 6.07) is 18.3. The Morgan fingerprint density at radius 3 is 2.35 bits per heavy atom. The van der Waals surface area contributed by atoms with E-state index in [-0.39, 0.29) is 12.6 Å². The van der Waals surface area contributed by atoms with Crippen LogP contribution in [-0.2, 0) is 6.61 Å². The standard InChI is InChI=1S/C15H17NO/c1-12(13-7-3-2-4-8-13)16-15-10-6-5-9-14(15)11-17/h2-10,12,16-17H,11H2,1H3. The van der Waals surface area contributed by atoms with Crippen LogP contribution in [0.1, 0.15) is 24.1 Å². The van der Waals surface area contributed by atoms with Crippen LogP contribution in [0.15, 0.2) is 54.6 Å². The van der Waals surface area contributed by atoms with Gasteiger partial charge in [0.1, 0.15) is 0 Å². The van der Waals surface area contributed by atoms with Gasteiger partial charge >= 0.3 is 0 Å². The fourth-order valence-corrected chi connectivity index (χ4v) is 1.86. The minimum absolute atomic E-state index is 0.0602. The normalized spacial score (nSPS) is 12.1. The molecule has 2 nitrogen and oxygen atoms in total. The van der Waals surface area contributed by atoms with Gasteiger partial charge in [-0.15, -0.1) is 0 Å². The summed E-state index contributed by atoms with van der Waals surface area (Å²) in [6.45, 7) is 2.17. The highest BCUT2D eigenvalue weighted by Crippen LogP contribution is 2.22. The zero-order chi connectivity index (χ0) is 12.1. The third kappa shape index (κ3) is 2.86. The highest BCUT2D eigenvalue weighted by atomic mass is 16.3. The molecule has 0 bridgehead atoms. The quantitative estimate of drug-likeness (QED) is 0.839. The van der Waals surface area contributed by atoms with Gasteiger partial charge in [0.25, 0.3) is 0 Å². The Morgan fingerprint density at radius 1 is 1.00 bits per heavy atom. The van der Waals surface area contributed by atoms with Crippen molar-refractivity contribution in [2.24, 2.45) is 0 Å². The Bertz CT molecular complexity index is 467. The number of rotatable bonds is 4. The second-order valence-corrected chi connectivity index (χ2v) is 4.09. The minimum Gasteiger partial charge on any atom is -0.392 e. The summed E-state index contributed by atoms with van der Waals surface area (Å²) >= 11 is 0. The van der Waals surface area contributed by atoms with Gasteiger partial charge in [0.2, 0.25) is 0 Å². The zero-order valence-electron chi connectivity index (χ0n) is 9.93. The fraction of sp³-hybridized carbons (Fsp3) is 0.200. The van der Waals surface area contributed by atoms with Gasteiger partial charge in [0.15, 0.2) is 0 Å². The Morgan fingerprint density at radius 2 is 1.65 bits per heavy atom. The maximum absolute atomic E-state index is 9.26. The van der Waals surface area contributed by atoms with Crippen LogP contribution in [-0.4, -0.2) is 5.11 Å². The molecule has 2 rings (SSSR count). The predicted octanol–water partition coefficient (Wildman–Crippen LogP) is 3.35. The van der Waals surface area contributed by atoms with Crippen LogP contribution in [0.2, 0.25) is 0 Å². The topological polar surface area (TPSA) is 32.3 Å². The number of aliphatic hydroxyl groups is 1. The number of para-hydroxylation sites is 1. The maximum Gasteiger partial charge on any atom is 0.0701 e. The van der Waals surface area contributed by atoms with Crippen molar-refractivity contribution in [2.75, 3.05) is 5.32 Å². The lowest BCUT2D eigenvalue weighted by atomic mass is 10.1. The zero-order valence-corrected chi connectivity index (χ0v) is 9.93. The SMILES string of the molecule is CC(Nc1ccccc1CO)c1ccccc1. The van der Waals surface area contributed by atoms with E-state index in [1.54, 1.807) is 0 Å². The highest BCUT2D eigenvalue weighted by molar-refractivity contribution is 5.52. The van der Waals surface area contributed by atoms with E-state index in [9.17, 15) is 5.11 Å². The first kappa shape index (κ1) is 11.7. The molecule has 0 fully saturated rings. The molecule has 2 heteroatoms. The van der Waals surface area contributed by atoms with Crippen molar-refractivity contribution < 1.29 is 5.11 Å². The summed E-state index contributed by atoms with van der Waals surface area (Å²) in [5.74, 6) is 0. The van der Waals surface area contributed by atoms with Crippen LogP contribution in [0.25, 0.3) is 0 Å². The summed E-state index contributed by atoms with van der Waals surface area (Å²) in [4.78, 5) is 0. The largest absolute Gasteiger partial charge is 0.392 e. The van der Waals surface area contributed by atoms with Crippen molar-refractivity contribution >= 4 is 5.69 Å².